The van der Waals surface area contributed by atoms with Crippen LogP contribution in [0.3, 0.4) is 0 Å². The first kappa shape index (κ1) is 12.4. The monoisotopic (exact) mass is 258 g/mol. The topological polar surface area (TPSA) is 24.9 Å². The molecule has 0 spiro atoms. The smallest absolute Gasteiger partial charge is 0.149 e. The van der Waals surface area contributed by atoms with E-state index in [-0.39, 0.29) is 5.82 Å². The summed E-state index contributed by atoms with van der Waals surface area (Å²) >= 11 is 0. The molecular weight excluding hydrogens is 239 g/mol. The predicted octanol–water partition coefficient (Wildman–Crippen LogP) is 3.99. The fourth-order valence-corrected chi connectivity index (χ4v) is 3.08. The fourth-order valence-electron chi connectivity index (χ4n) is 3.08. The van der Waals surface area contributed by atoms with E-state index in [4.69, 9.17) is 0 Å². The lowest BCUT2D eigenvalue weighted by molar-refractivity contribution is 0.634. The van der Waals surface area contributed by atoms with Crippen molar-refractivity contribution in [3.05, 3.63) is 34.8 Å². The highest BCUT2D eigenvalue weighted by Gasteiger charge is 2.18. The fraction of sp³-hybridized carbons (Fsp3) is 0.438. The third-order valence-electron chi connectivity index (χ3n) is 3.96. The number of hydrogen-bond donors (Lipinski definition) is 1. The van der Waals surface area contributed by atoms with E-state index in [0.717, 1.165) is 41.6 Å². The zero-order chi connectivity index (χ0) is 13.4. The molecule has 0 atom stereocenters. The molecule has 3 rings (SSSR count). The number of benzene rings is 1. The van der Waals surface area contributed by atoms with E-state index in [1.165, 1.54) is 18.4 Å². The Balaban J connectivity index is 2.36. The number of nitrogens with zero attached hydrogens (tertiary/aromatic N) is 1. The molecule has 0 fully saturated rings. The third-order valence-corrected chi connectivity index (χ3v) is 3.96. The number of nitrogens with one attached hydrogen (secondary N) is 1. The van der Waals surface area contributed by atoms with Crippen molar-refractivity contribution in [2.45, 2.75) is 39.0 Å². The van der Waals surface area contributed by atoms with Crippen molar-refractivity contribution in [3.63, 3.8) is 0 Å². The van der Waals surface area contributed by atoms with Crippen molar-refractivity contribution in [3.8, 4) is 0 Å². The molecule has 0 radical (unpaired) electrons. The lowest BCUT2D eigenvalue weighted by Gasteiger charge is -2.16. The van der Waals surface area contributed by atoms with Gasteiger partial charge in [0.2, 0.25) is 0 Å². The second-order valence-electron chi connectivity index (χ2n) is 5.37. The summed E-state index contributed by atoms with van der Waals surface area (Å²) in [6, 6.07) is 3.60. The van der Waals surface area contributed by atoms with Gasteiger partial charge >= 0.3 is 0 Å². The summed E-state index contributed by atoms with van der Waals surface area (Å²) in [7, 11) is 1.92. The Hall–Kier alpha value is -1.64. The van der Waals surface area contributed by atoms with Gasteiger partial charge in [-0.2, -0.15) is 0 Å². The van der Waals surface area contributed by atoms with Crippen LogP contribution in [0.4, 0.5) is 10.1 Å². The van der Waals surface area contributed by atoms with Gasteiger partial charge in [-0.05, 0) is 55.9 Å². The Kier molecular flexibility index (Phi) is 3.13. The van der Waals surface area contributed by atoms with Gasteiger partial charge in [-0.25, -0.2) is 9.37 Å². The second kappa shape index (κ2) is 4.80. The Morgan fingerprint density at radius 1 is 1.16 bits per heavy atom. The number of fused-ring (bicyclic) bond motifs is 2. The van der Waals surface area contributed by atoms with Gasteiger partial charge < -0.3 is 5.32 Å². The van der Waals surface area contributed by atoms with Crippen LogP contribution in [0.5, 0.6) is 0 Å². The highest BCUT2D eigenvalue weighted by Crippen LogP contribution is 2.33. The van der Waals surface area contributed by atoms with Crippen molar-refractivity contribution >= 4 is 16.6 Å². The molecule has 1 heterocycles. The van der Waals surface area contributed by atoms with Crippen molar-refractivity contribution in [1.82, 2.24) is 4.98 Å². The molecule has 1 N–H and O–H groups in total. The summed E-state index contributed by atoms with van der Waals surface area (Å²) in [5, 5.41) is 4.19. The van der Waals surface area contributed by atoms with E-state index in [1.54, 1.807) is 6.07 Å². The van der Waals surface area contributed by atoms with Gasteiger partial charge in [0.05, 0.1) is 0 Å². The molecule has 3 heteroatoms. The van der Waals surface area contributed by atoms with E-state index in [2.05, 4.69) is 10.3 Å². The van der Waals surface area contributed by atoms with Gasteiger partial charge in [0.15, 0.2) is 0 Å². The van der Waals surface area contributed by atoms with Gasteiger partial charge in [-0.3, -0.25) is 0 Å². The minimum atomic E-state index is -0.210. The number of hydrogen-bond acceptors (Lipinski definition) is 2. The standard InChI is InChI=1S/C16H19FN2/c1-10-8-12-15(18-2)11-6-4-3-5-7-14(11)19-16(12)13(17)9-10/h8-9H,3-7H2,1-2H3,(H,18,19). The van der Waals surface area contributed by atoms with Gasteiger partial charge in [0, 0.05) is 23.8 Å². The second-order valence-corrected chi connectivity index (χ2v) is 5.37. The highest BCUT2D eigenvalue weighted by molar-refractivity contribution is 5.94. The van der Waals surface area contributed by atoms with E-state index in [1.807, 2.05) is 20.0 Å². The van der Waals surface area contributed by atoms with E-state index in [0.29, 0.717) is 5.52 Å². The third kappa shape index (κ3) is 2.07. The van der Waals surface area contributed by atoms with Crippen LogP contribution in [0.15, 0.2) is 12.1 Å². The largest absolute Gasteiger partial charge is 0.387 e. The molecule has 0 unspecified atom stereocenters. The van der Waals surface area contributed by atoms with Crippen LogP contribution in [-0.2, 0) is 12.8 Å². The lowest BCUT2D eigenvalue weighted by atomic mass is 10.0. The average Bonchev–Trinajstić information content (AvgIpc) is 2.61. The first-order chi connectivity index (χ1) is 9.20. The molecule has 19 heavy (non-hydrogen) atoms. The number of halogens is 1. The number of anilines is 1. The molecule has 1 aromatic heterocycles. The Morgan fingerprint density at radius 2 is 1.95 bits per heavy atom. The molecule has 0 saturated heterocycles. The SMILES string of the molecule is CNc1c2c(nc3c(F)cc(C)cc13)CCCCC2. The van der Waals surface area contributed by atoms with Crippen LogP contribution in [0.1, 0.15) is 36.1 Å². The summed E-state index contributed by atoms with van der Waals surface area (Å²) in [4.78, 5) is 4.61. The normalized spacial score (nSPS) is 15.1. The molecule has 0 amide bonds. The Bertz CT molecular complexity index is 634. The van der Waals surface area contributed by atoms with Gasteiger partial charge in [0.1, 0.15) is 11.3 Å². The number of aromatic nitrogens is 1. The van der Waals surface area contributed by atoms with Crippen molar-refractivity contribution in [1.29, 1.82) is 0 Å². The molecule has 1 aliphatic carbocycles. The molecule has 2 nitrogen and oxygen atoms in total. The van der Waals surface area contributed by atoms with Crippen LogP contribution >= 0.6 is 0 Å². The Labute approximate surface area is 113 Å². The molecule has 0 bridgehead atoms. The number of pyridine rings is 1. The van der Waals surface area contributed by atoms with Crippen LogP contribution in [0.25, 0.3) is 10.9 Å². The molecule has 0 aliphatic heterocycles. The molecular formula is C16H19FN2. The highest BCUT2D eigenvalue weighted by atomic mass is 19.1. The zero-order valence-electron chi connectivity index (χ0n) is 11.5. The average molecular weight is 258 g/mol. The van der Waals surface area contributed by atoms with Crippen molar-refractivity contribution in [2.24, 2.45) is 0 Å². The number of rotatable bonds is 1. The first-order valence-corrected chi connectivity index (χ1v) is 7.00. The summed E-state index contributed by atoms with van der Waals surface area (Å²) in [5.74, 6) is -0.210. The van der Waals surface area contributed by atoms with Gasteiger partial charge in [-0.1, -0.05) is 6.42 Å². The zero-order valence-corrected chi connectivity index (χ0v) is 11.5. The van der Waals surface area contributed by atoms with Crippen LogP contribution in [0.2, 0.25) is 0 Å². The van der Waals surface area contributed by atoms with Crippen molar-refractivity contribution in [2.75, 3.05) is 12.4 Å². The summed E-state index contributed by atoms with van der Waals surface area (Å²) < 4.78 is 14.1. The maximum atomic E-state index is 14.1. The first-order valence-electron chi connectivity index (χ1n) is 7.00. The van der Waals surface area contributed by atoms with E-state index >= 15 is 0 Å². The predicted molar refractivity (Wildman–Crippen MR) is 77.2 cm³/mol. The quantitative estimate of drug-likeness (QED) is 0.782. The van der Waals surface area contributed by atoms with E-state index in [9.17, 15) is 4.39 Å². The maximum absolute atomic E-state index is 14.1. The number of aryl methyl sites for hydroxylation is 2. The van der Waals surface area contributed by atoms with Gasteiger partial charge in [0.25, 0.3) is 0 Å². The summed E-state index contributed by atoms with van der Waals surface area (Å²) in [6.45, 7) is 1.92. The summed E-state index contributed by atoms with van der Waals surface area (Å²) in [5.41, 5.74) is 4.89. The minimum Gasteiger partial charge on any atom is -0.387 e. The lowest BCUT2D eigenvalue weighted by Crippen LogP contribution is -2.04. The van der Waals surface area contributed by atoms with Gasteiger partial charge in [-0.15, -0.1) is 0 Å². The molecule has 1 aliphatic rings. The van der Waals surface area contributed by atoms with Crippen LogP contribution in [0, 0.1) is 12.7 Å². The molecule has 0 saturated carbocycles. The molecule has 100 valence electrons. The van der Waals surface area contributed by atoms with E-state index < -0.39 is 0 Å². The van der Waals surface area contributed by atoms with Crippen molar-refractivity contribution < 1.29 is 4.39 Å². The molecule has 2 aromatic rings. The van der Waals surface area contributed by atoms with Crippen LogP contribution < -0.4 is 5.32 Å². The van der Waals surface area contributed by atoms with Crippen LogP contribution in [-0.4, -0.2) is 12.0 Å². The minimum absolute atomic E-state index is 0.210. The summed E-state index contributed by atoms with van der Waals surface area (Å²) in [6.07, 6.45) is 5.60. The maximum Gasteiger partial charge on any atom is 0.149 e. The molecule has 1 aromatic carbocycles. The Morgan fingerprint density at radius 3 is 2.74 bits per heavy atom.